The summed E-state index contributed by atoms with van der Waals surface area (Å²) in [5, 5.41) is 9.16. The summed E-state index contributed by atoms with van der Waals surface area (Å²) in [4.78, 5) is 0. The van der Waals surface area contributed by atoms with Crippen LogP contribution in [0.5, 0.6) is 5.75 Å². The van der Waals surface area contributed by atoms with Crippen molar-refractivity contribution in [2.75, 3.05) is 0 Å². The second kappa shape index (κ2) is 5.39. The first kappa shape index (κ1) is 17.0. The molecule has 0 bridgehead atoms. The van der Waals surface area contributed by atoms with E-state index in [1.807, 2.05) is 0 Å². The van der Waals surface area contributed by atoms with Crippen molar-refractivity contribution < 1.29 is 40.2 Å². The molecule has 0 aliphatic rings. The number of alkyl halides is 6. The van der Waals surface area contributed by atoms with Gasteiger partial charge in [-0.2, -0.15) is 26.3 Å². The summed E-state index contributed by atoms with van der Waals surface area (Å²) >= 11 is 0. The highest BCUT2D eigenvalue weighted by Crippen LogP contribution is 2.46. The zero-order valence-electron chi connectivity index (χ0n) is 10.9. The summed E-state index contributed by atoms with van der Waals surface area (Å²) in [5.74, 6) is -4.51. The van der Waals surface area contributed by atoms with Gasteiger partial charge in [0, 0.05) is 5.56 Å². The van der Waals surface area contributed by atoms with Crippen LogP contribution in [0.15, 0.2) is 30.3 Å². The number of phenolic OH excluding ortho intramolecular Hbond substituents is 1. The molecule has 0 spiro atoms. The van der Waals surface area contributed by atoms with Gasteiger partial charge < -0.3 is 5.11 Å². The molecule has 0 amide bonds. The first-order chi connectivity index (χ1) is 10.4. The van der Waals surface area contributed by atoms with Gasteiger partial charge in [0.2, 0.25) is 0 Å². The highest BCUT2D eigenvalue weighted by Gasteiger charge is 2.45. The smallest absolute Gasteiger partial charge is 0.417 e. The SMILES string of the molecule is Oc1ccc(F)c(-c2cccc(C(F)(F)F)c2C(F)(F)F)c1F. The summed E-state index contributed by atoms with van der Waals surface area (Å²) in [6.07, 6.45) is -10.9. The number of hydrogen-bond donors (Lipinski definition) is 1. The van der Waals surface area contributed by atoms with Gasteiger partial charge in [0.25, 0.3) is 0 Å². The minimum absolute atomic E-state index is 0.158. The molecule has 124 valence electrons. The molecule has 0 saturated carbocycles. The lowest BCUT2D eigenvalue weighted by Gasteiger charge is -2.20. The zero-order valence-corrected chi connectivity index (χ0v) is 10.9. The molecule has 2 aromatic rings. The van der Waals surface area contributed by atoms with E-state index >= 15 is 0 Å². The van der Waals surface area contributed by atoms with E-state index in [9.17, 15) is 35.1 Å². The molecule has 1 N–H and O–H groups in total. The van der Waals surface area contributed by atoms with Crippen LogP contribution in [0.3, 0.4) is 0 Å². The van der Waals surface area contributed by atoms with Gasteiger partial charge in [-0.05, 0) is 18.2 Å². The van der Waals surface area contributed by atoms with Crippen LogP contribution in [0.2, 0.25) is 0 Å². The van der Waals surface area contributed by atoms with Crippen LogP contribution in [0.25, 0.3) is 11.1 Å². The Balaban J connectivity index is 2.93. The predicted molar refractivity (Wildman–Crippen MR) is 63.5 cm³/mol. The average molecular weight is 342 g/mol. The van der Waals surface area contributed by atoms with Gasteiger partial charge in [-0.15, -0.1) is 0 Å². The van der Waals surface area contributed by atoms with E-state index in [0.717, 1.165) is 0 Å². The van der Waals surface area contributed by atoms with Crippen LogP contribution < -0.4 is 0 Å². The van der Waals surface area contributed by atoms with Crippen molar-refractivity contribution >= 4 is 0 Å². The normalized spacial score (nSPS) is 12.5. The van der Waals surface area contributed by atoms with Crippen molar-refractivity contribution in [3.05, 3.63) is 53.1 Å². The zero-order chi connectivity index (χ0) is 17.6. The van der Waals surface area contributed by atoms with Gasteiger partial charge in [-0.3, -0.25) is 0 Å². The number of hydrogen-bond acceptors (Lipinski definition) is 1. The standard InChI is InChI=1S/C14H6F8O/c15-8-4-5-9(23)12(16)10(8)6-2-1-3-7(13(17,18)19)11(6)14(20,21)22/h1-5,23H. The van der Waals surface area contributed by atoms with E-state index in [1.54, 1.807) is 0 Å². The van der Waals surface area contributed by atoms with Crippen molar-refractivity contribution in [2.45, 2.75) is 12.4 Å². The maximum atomic E-state index is 13.8. The summed E-state index contributed by atoms with van der Waals surface area (Å²) in [6.45, 7) is 0. The van der Waals surface area contributed by atoms with Gasteiger partial charge in [-0.1, -0.05) is 12.1 Å². The minimum atomic E-state index is -5.52. The van der Waals surface area contributed by atoms with Crippen molar-refractivity contribution in [1.29, 1.82) is 0 Å². The fourth-order valence-corrected chi connectivity index (χ4v) is 2.09. The maximum absolute atomic E-state index is 13.8. The van der Waals surface area contributed by atoms with Crippen LogP contribution in [-0.2, 0) is 12.4 Å². The van der Waals surface area contributed by atoms with Gasteiger partial charge in [0.05, 0.1) is 16.7 Å². The Kier molecular flexibility index (Phi) is 4.00. The summed E-state index contributed by atoms with van der Waals surface area (Å²) < 4.78 is 105. The minimum Gasteiger partial charge on any atom is -0.505 e. The number of benzene rings is 2. The van der Waals surface area contributed by atoms with Gasteiger partial charge in [0.1, 0.15) is 5.82 Å². The Morgan fingerprint density at radius 2 is 1.39 bits per heavy atom. The lowest BCUT2D eigenvalue weighted by atomic mass is 9.93. The number of halogens is 8. The lowest BCUT2D eigenvalue weighted by molar-refractivity contribution is -0.161. The Hall–Kier alpha value is -2.32. The van der Waals surface area contributed by atoms with Crippen LogP contribution >= 0.6 is 0 Å². The van der Waals surface area contributed by atoms with Crippen molar-refractivity contribution in [3.63, 3.8) is 0 Å². The second-order valence-electron chi connectivity index (χ2n) is 4.48. The Labute approximate surface area is 123 Å². The van der Waals surface area contributed by atoms with Crippen molar-refractivity contribution in [3.8, 4) is 16.9 Å². The van der Waals surface area contributed by atoms with Gasteiger partial charge in [0.15, 0.2) is 11.6 Å². The molecule has 2 rings (SSSR count). The van der Waals surface area contributed by atoms with E-state index in [1.165, 1.54) is 0 Å². The molecule has 9 heteroatoms. The van der Waals surface area contributed by atoms with E-state index in [4.69, 9.17) is 5.11 Å². The molecule has 0 fully saturated rings. The lowest BCUT2D eigenvalue weighted by Crippen LogP contribution is -2.18. The van der Waals surface area contributed by atoms with Crippen LogP contribution in [0, 0.1) is 11.6 Å². The quantitative estimate of drug-likeness (QED) is 0.691. The Morgan fingerprint density at radius 1 is 0.783 bits per heavy atom. The monoisotopic (exact) mass is 342 g/mol. The summed E-state index contributed by atoms with van der Waals surface area (Å²) in [7, 11) is 0. The molecule has 0 saturated heterocycles. The third-order valence-corrected chi connectivity index (χ3v) is 2.99. The first-order valence-corrected chi connectivity index (χ1v) is 5.89. The van der Waals surface area contributed by atoms with E-state index in [2.05, 4.69) is 0 Å². The molecule has 0 aromatic heterocycles. The summed E-state index contributed by atoms with van der Waals surface area (Å²) in [5.41, 5.74) is -7.04. The largest absolute Gasteiger partial charge is 0.505 e. The molecule has 0 aliphatic heterocycles. The second-order valence-corrected chi connectivity index (χ2v) is 4.48. The van der Waals surface area contributed by atoms with Crippen LogP contribution in [0.4, 0.5) is 35.1 Å². The molecule has 1 nitrogen and oxygen atoms in total. The average Bonchev–Trinajstić information content (AvgIpc) is 2.41. The van der Waals surface area contributed by atoms with E-state index < -0.39 is 52.0 Å². The molecular formula is C14H6F8O. The fraction of sp³-hybridized carbons (Fsp3) is 0.143. The molecule has 23 heavy (non-hydrogen) atoms. The Bertz CT molecular complexity index is 746. The topological polar surface area (TPSA) is 20.2 Å². The van der Waals surface area contributed by atoms with E-state index in [-0.39, 0.29) is 6.07 Å². The molecule has 0 aliphatic carbocycles. The van der Waals surface area contributed by atoms with Gasteiger partial charge >= 0.3 is 12.4 Å². The number of rotatable bonds is 1. The Morgan fingerprint density at radius 3 is 1.91 bits per heavy atom. The third kappa shape index (κ3) is 3.08. The number of aromatic hydroxyl groups is 1. The van der Waals surface area contributed by atoms with Crippen LogP contribution in [-0.4, -0.2) is 5.11 Å². The van der Waals surface area contributed by atoms with E-state index in [0.29, 0.717) is 24.3 Å². The summed E-state index contributed by atoms with van der Waals surface area (Å²) in [6, 6.07) is 2.24. The molecule has 0 radical (unpaired) electrons. The molecular weight excluding hydrogens is 336 g/mol. The first-order valence-electron chi connectivity index (χ1n) is 5.89. The molecule has 0 heterocycles. The maximum Gasteiger partial charge on any atom is 0.417 e. The molecule has 0 unspecified atom stereocenters. The van der Waals surface area contributed by atoms with Gasteiger partial charge in [-0.25, -0.2) is 8.78 Å². The number of phenols is 1. The van der Waals surface area contributed by atoms with Crippen LogP contribution in [0.1, 0.15) is 11.1 Å². The highest BCUT2D eigenvalue weighted by molar-refractivity contribution is 5.72. The predicted octanol–water partition coefficient (Wildman–Crippen LogP) is 5.38. The fourth-order valence-electron chi connectivity index (χ4n) is 2.09. The van der Waals surface area contributed by atoms with Crippen molar-refractivity contribution in [1.82, 2.24) is 0 Å². The van der Waals surface area contributed by atoms with Crippen molar-refractivity contribution in [2.24, 2.45) is 0 Å². The highest BCUT2D eigenvalue weighted by atomic mass is 19.4. The third-order valence-electron chi connectivity index (χ3n) is 2.99. The molecule has 2 aromatic carbocycles. The molecule has 0 atom stereocenters.